The predicted octanol–water partition coefficient (Wildman–Crippen LogP) is -0.0284. The molecule has 0 aromatic carbocycles. The van der Waals surface area contributed by atoms with E-state index >= 15 is 0 Å². The highest BCUT2D eigenvalue weighted by molar-refractivity contribution is 5.81. The fourth-order valence-electron chi connectivity index (χ4n) is 2.25. The molecule has 0 radical (unpaired) electrons. The van der Waals surface area contributed by atoms with Crippen molar-refractivity contribution in [1.82, 2.24) is 15.1 Å². The molecule has 1 saturated heterocycles. The minimum absolute atomic E-state index is 0.713. The van der Waals surface area contributed by atoms with Crippen LogP contribution in [0.3, 0.4) is 0 Å². The van der Waals surface area contributed by atoms with Crippen LogP contribution in [0.2, 0.25) is 0 Å². The molecule has 4 heteroatoms. The van der Waals surface area contributed by atoms with E-state index < -0.39 is 0 Å². The van der Waals surface area contributed by atoms with Gasteiger partial charge in [0.15, 0.2) is 5.96 Å². The van der Waals surface area contributed by atoms with Crippen LogP contribution < -0.4 is 5.32 Å². The second-order valence-corrected chi connectivity index (χ2v) is 4.29. The fraction of sp³-hybridized carbons (Fsp3) is 0.900. The average Bonchev–Trinajstić information content (AvgIpc) is 2.77. The monoisotopic (exact) mass is 196 g/mol. The SMILES string of the molecule is CN(CC1CCCN1C)C1=NCCN1. The minimum atomic E-state index is 0.713. The van der Waals surface area contributed by atoms with E-state index in [0.717, 1.165) is 25.6 Å². The van der Waals surface area contributed by atoms with E-state index in [-0.39, 0.29) is 0 Å². The topological polar surface area (TPSA) is 30.9 Å². The second kappa shape index (κ2) is 4.17. The molecule has 80 valence electrons. The van der Waals surface area contributed by atoms with Gasteiger partial charge < -0.3 is 15.1 Å². The van der Waals surface area contributed by atoms with E-state index in [2.05, 4.69) is 34.2 Å². The molecule has 2 heterocycles. The maximum absolute atomic E-state index is 4.42. The number of guanidine groups is 1. The summed E-state index contributed by atoms with van der Waals surface area (Å²) in [6, 6.07) is 0.713. The van der Waals surface area contributed by atoms with E-state index in [1.165, 1.54) is 19.4 Å². The average molecular weight is 196 g/mol. The van der Waals surface area contributed by atoms with Crippen molar-refractivity contribution in [2.24, 2.45) is 4.99 Å². The molecule has 0 aromatic heterocycles. The van der Waals surface area contributed by atoms with E-state index in [9.17, 15) is 0 Å². The third-order valence-corrected chi connectivity index (χ3v) is 3.17. The van der Waals surface area contributed by atoms with E-state index in [1.54, 1.807) is 0 Å². The minimum Gasteiger partial charge on any atom is -0.354 e. The van der Waals surface area contributed by atoms with Crippen molar-refractivity contribution in [3.63, 3.8) is 0 Å². The van der Waals surface area contributed by atoms with Crippen LogP contribution >= 0.6 is 0 Å². The molecular formula is C10H20N4. The molecule has 2 rings (SSSR count). The highest BCUT2D eigenvalue weighted by Crippen LogP contribution is 2.15. The predicted molar refractivity (Wildman–Crippen MR) is 58.6 cm³/mol. The molecule has 1 unspecified atom stereocenters. The lowest BCUT2D eigenvalue weighted by atomic mass is 10.2. The van der Waals surface area contributed by atoms with Gasteiger partial charge in [0, 0.05) is 26.2 Å². The number of aliphatic imine (C=N–C) groups is 1. The molecule has 1 N–H and O–H groups in total. The number of hydrogen-bond donors (Lipinski definition) is 1. The lowest BCUT2D eigenvalue weighted by Crippen LogP contribution is -2.43. The molecule has 4 nitrogen and oxygen atoms in total. The van der Waals surface area contributed by atoms with Crippen molar-refractivity contribution >= 4 is 5.96 Å². The van der Waals surface area contributed by atoms with Crippen molar-refractivity contribution in [2.75, 3.05) is 40.3 Å². The Bertz CT molecular complexity index is 226. The van der Waals surface area contributed by atoms with E-state index in [4.69, 9.17) is 0 Å². The maximum atomic E-state index is 4.42. The molecule has 0 aliphatic carbocycles. The van der Waals surface area contributed by atoms with E-state index in [0.29, 0.717) is 6.04 Å². The maximum Gasteiger partial charge on any atom is 0.193 e. The zero-order valence-corrected chi connectivity index (χ0v) is 9.16. The summed E-state index contributed by atoms with van der Waals surface area (Å²) in [5, 5.41) is 3.30. The Morgan fingerprint density at radius 2 is 2.50 bits per heavy atom. The fourth-order valence-corrected chi connectivity index (χ4v) is 2.25. The summed E-state index contributed by atoms with van der Waals surface area (Å²) >= 11 is 0. The van der Waals surface area contributed by atoms with Gasteiger partial charge in [0.05, 0.1) is 6.54 Å². The van der Waals surface area contributed by atoms with Gasteiger partial charge in [0.2, 0.25) is 0 Å². The largest absolute Gasteiger partial charge is 0.354 e. The van der Waals surface area contributed by atoms with Crippen LogP contribution in [0.5, 0.6) is 0 Å². The molecule has 14 heavy (non-hydrogen) atoms. The van der Waals surface area contributed by atoms with Gasteiger partial charge in [-0.3, -0.25) is 4.99 Å². The molecular weight excluding hydrogens is 176 g/mol. The van der Waals surface area contributed by atoms with Crippen LogP contribution in [-0.4, -0.2) is 62.1 Å². The Morgan fingerprint density at radius 3 is 3.07 bits per heavy atom. The first kappa shape index (κ1) is 9.77. The summed E-state index contributed by atoms with van der Waals surface area (Å²) in [4.78, 5) is 9.12. The summed E-state index contributed by atoms with van der Waals surface area (Å²) < 4.78 is 0. The number of rotatable bonds is 2. The van der Waals surface area contributed by atoms with Crippen LogP contribution in [0.1, 0.15) is 12.8 Å². The second-order valence-electron chi connectivity index (χ2n) is 4.29. The molecule has 1 atom stereocenters. The first-order valence-electron chi connectivity index (χ1n) is 5.47. The van der Waals surface area contributed by atoms with Crippen molar-refractivity contribution in [3.05, 3.63) is 0 Å². The Balaban J connectivity index is 1.84. The highest BCUT2D eigenvalue weighted by Gasteiger charge is 2.23. The zero-order chi connectivity index (χ0) is 9.97. The number of nitrogens with zero attached hydrogens (tertiary/aromatic N) is 3. The summed E-state index contributed by atoms with van der Waals surface area (Å²) in [5.41, 5.74) is 0. The van der Waals surface area contributed by atoms with Crippen LogP contribution in [0, 0.1) is 0 Å². The van der Waals surface area contributed by atoms with Gasteiger partial charge in [-0.1, -0.05) is 0 Å². The normalized spacial score (nSPS) is 27.6. The Labute approximate surface area is 86.0 Å². The van der Waals surface area contributed by atoms with Crippen molar-refractivity contribution < 1.29 is 0 Å². The molecule has 0 amide bonds. The van der Waals surface area contributed by atoms with Gasteiger partial charge in [0.25, 0.3) is 0 Å². The van der Waals surface area contributed by atoms with Gasteiger partial charge in [0.1, 0.15) is 0 Å². The van der Waals surface area contributed by atoms with Crippen molar-refractivity contribution in [3.8, 4) is 0 Å². The van der Waals surface area contributed by atoms with Gasteiger partial charge in [-0.15, -0.1) is 0 Å². The van der Waals surface area contributed by atoms with Crippen molar-refractivity contribution in [1.29, 1.82) is 0 Å². The van der Waals surface area contributed by atoms with Crippen LogP contribution in [0.15, 0.2) is 4.99 Å². The van der Waals surface area contributed by atoms with Crippen LogP contribution in [0.25, 0.3) is 0 Å². The summed E-state index contributed by atoms with van der Waals surface area (Å²) in [5.74, 6) is 1.07. The molecule has 1 fully saturated rings. The first-order chi connectivity index (χ1) is 6.77. The lowest BCUT2D eigenvalue weighted by Gasteiger charge is -2.26. The lowest BCUT2D eigenvalue weighted by molar-refractivity contribution is 0.265. The molecule has 0 saturated carbocycles. The smallest absolute Gasteiger partial charge is 0.193 e. The summed E-state index contributed by atoms with van der Waals surface area (Å²) in [6.45, 7) is 4.28. The molecule has 2 aliphatic rings. The number of nitrogens with one attached hydrogen (secondary N) is 1. The Morgan fingerprint density at radius 1 is 1.64 bits per heavy atom. The van der Waals surface area contributed by atoms with Gasteiger partial charge >= 0.3 is 0 Å². The Hall–Kier alpha value is -0.770. The van der Waals surface area contributed by atoms with E-state index in [1.807, 2.05) is 0 Å². The van der Waals surface area contributed by atoms with Crippen molar-refractivity contribution in [2.45, 2.75) is 18.9 Å². The quantitative estimate of drug-likeness (QED) is 0.673. The molecule has 0 bridgehead atoms. The zero-order valence-electron chi connectivity index (χ0n) is 9.16. The third-order valence-electron chi connectivity index (χ3n) is 3.17. The standard InChI is InChI=1S/C10H20N4/c1-13-7-3-4-9(13)8-14(2)10-11-5-6-12-10/h9H,3-8H2,1-2H3,(H,11,12). The van der Waals surface area contributed by atoms with Crippen LogP contribution in [-0.2, 0) is 0 Å². The van der Waals surface area contributed by atoms with Gasteiger partial charge in [-0.05, 0) is 26.4 Å². The summed E-state index contributed by atoms with van der Waals surface area (Å²) in [6.07, 6.45) is 2.67. The molecule has 2 aliphatic heterocycles. The highest BCUT2D eigenvalue weighted by atomic mass is 15.3. The number of hydrogen-bond acceptors (Lipinski definition) is 4. The number of likely N-dealkylation sites (N-methyl/N-ethyl adjacent to an activating group) is 2. The first-order valence-corrected chi connectivity index (χ1v) is 5.47. The van der Waals surface area contributed by atoms with Crippen LogP contribution in [0.4, 0.5) is 0 Å². The third kappa shape index (κ3) is 2.00. The Kier molecular flexibility index (Phi) is 2.91. The molecule has 0 aromatic rings. The van der Waals surface area contributed by atoms with Gasteiger partial charge in [-0.25, -0.2) is 0 Å². The molecule has 0 spiro atoms. The summed E-state index contributed by atoms with van der Waals surface area (Å²) in [7, 11) is 4.35. The van der Waals surface area contributed by atoms with Gasteiger partial charge in [-0.2, -0.15) is 0 Å². The number of likely N-dealkylation sites (tertiary alicyclic amines) is 1.